The van der Waals surface area contributed by atoms with Gasteiger partial charge in [-0.05, 0) is 25.6 Å². The zero-order valence-electron chi connectivity index (χ0n) is 13.4. The van der Waals surface area contributed by atoms with Gasteiger partial charge in [-0.1, -0.05) is 31.2 Å². The van der Waals surface area contributed by atoms with E-state index in [1.165, 1.54) is 0 Å². The maximum Gasteiger partial charge on any atom is 0.241 e. The van der Waals surface area contributed by atoms with E-state index in [0.29, 0.717) is 19.6 Å². The van der Waals surface area contributed by atoms with Gasteiger partial charge < -0.3 is 10.2 Å². The number of benzene rings is 1. The van der Waals surface area contributed by atoms with Crippen LogP contribution in [0.4, 0.5) is 5.69 Å². The zero-order chi connectivity index (χ0) is 16.4. The van der Waals surface area contributed by atoms with E-state index in [9.17, 15) is 9.59 Å². The number of hydrogen-bond acceptors (Lipinski definition) is 3. The molecule has 0 aliphatic rings. The quantitative estimate of drug-likeness (QED) is 0.706. The van der Waals surface area contributed by atoms with Crippen LogP contribution in [0.5, 0.6) is 0 Å². The predicted octanol–water partition coefficient (Wildman–Crippen LogP) is 1.66. The molecule has 120 valence electrons. The molecule has 0 saturated carbocycles. The first-order chi connectivity index (χ1) is 10.6. The largest absolute Gasteiger partial charge is 0.355 e. The molecule has 0 bridgehead atoms. The molecule has 5 heteroatoms. The Balaban J connectivity index is 2.73. The second-order valence-electron chi connectivity index (χ2n) is 4.89. The number of amides is 2. The van der Waals surface area contributed by atoms with Gasteiger partial charge in [0.05, 0.1) is 13.1 Å². The molecule has 22 heavy (non-hydrogen) atoms. The van der Waals surface area contributed by atoms with E-state index in [0.717, 1.165) is 5.69 Å². The summed E-state index contributed by atoms with van der Waals surface area (Å²) in [5, 5.41) is 2.75. The normalized spacial score (nSPS) is 10.3. The highest BCUT2D eigenvalue weighted by Gasteiger charge is 2.18. The van der Waals surface area contributed by atoms with E-state index in [-0.39, 0.29) is 24.9 Å². The van der Waals surface area contributed by atoms with Crippen molar-refractivity contribution in [1.82, 2.24) is 10.2 Å². The van der Waals surface area contributed by atoms with Crippen LogP contribution < -0.4 is 10.2 Å². The third-order valence-electron chi connectivity index (χ3n) is 3.23. The third-order valence-corrected chi connectivity index (χ3v) is 3.23. The van der Waals surface area contributed by atoms with Gasteiger partial charge in [-0.25, -0.2) is 0 Å². The predicted molar refractivity (Wildman–Crippen MR) is 89.8 cm³/mol. The molecule has 0 heterocycles. The number of carbonyl (C=O) groups excluding carboxylic acids is 2. The molecule has 1 N–H and O–H groups in total. The average Bonchev–Trinajstić information content (AvgIpc) is 2.52. The molecule has 2 amide bonds. The fraction of sp³-hybridized carbons (Fsp3) is 0.412. The molecule has 5 nitrogen and oxygen atoms in total. The van der Waals surface area contributed by atoms with E-state index in [4.69, 9.17) is 0 Å². The van der Waals surface area contributed by atoms with Crippen LogP contribution in [-0.4, -0.2) is 49.4 Å². The molecule has 0 fully saturated rings. The van der Waals surface area contributed by atoms with Gasteiger partial charge in [-0.2, -0.15) is 0 Å². The molecule has 1 aromatic rings. The summed E-state index contributed by atoms with van der Waals surface area (Å²) in [6.45, 7) is 9.63. The fourth-order valence-corrected chi connectivity index (χ4v) is 2.10. The molecule has 0 aliphatic carbocycles. The summed E-state index contributed by atoms with van der Waals surface area (Å²) < 4.78 is 0. The van der Waals surface area contributed by atoms with Crippen molar-refractivity contribution in [3.63, 3.8) is 0 Å². The van der Waals surface area contributed by atoms with E-state index in [1.807, 2.05) is 49.1 Å². The topological polar surface area (TPSA) is 52.7 Å². The van der Waals surface area contributed by atoms with Crippen molar-refractivity contribution in [3.05, 3.63) is 43.0 Å². The SMILES string of the molecule is C=CCN(C(=O)CN(CC)CC(=O)NCC)c1ccccc1. The molecule has 0 atom stereocenters. The van der Waals surface area contributed by atoms with Gasteiger partial charge in [0.25, 0.3) is 0 Å². The van der Waals surface area contributed by atoms with Crippen molar-refractivity contribution in [2.45, 2.75) is 13.8 Å². The number of para-hydroxylation sites is 1. The minimum Gasteiger partial charge on any atom is -0.355 e. The minimum absolute atomic E-state index is 0.0442. The Labute approximate surface area is 132 Å². The van der Waals surface area contributed by atoms with Gasteiger partial charge in [0.2, 0.25) is 11.8 Å². The zero-order valence-corrected chi connectivity index (χ0v) is 13.4. The average molecular weight is 303 g/mol. The Kier molecular flexibility index (Phi) is 7.92. The number of rotatable bonds is 9. The van der Waals surface area contributed by atoms with Crippen molar-refractivity contribution in [1.29, 1.82) is 0 Å². The summed E-state index contributed by atoms with van der Waals surface area (Å²) in [5.41, 5.74) is 0.835. The number of nitrogens with one attached hydrogen (secondary N) is 1. The fourth-order valence-electron chi connectivity index (χ4n) is 2.10. The van der Waals surface area contributed by atoms with Crippen molar-refractivity contribution >= 4 is 17.5 Å². The lowest BCUT2D eigenvalue weighted by Crippen LogP contribution is -2.44. The van der Waals surface area contributed by atoms with Crippen molar-refractivity contribution in [2.75, 3.05) is 37.6 Å². The maximum absolute atomic E-state index is 12.5. The highest BCUT2D eigenvalue weighted by molar-refractivity contribution is 5.95. The van der Waals surface area contributed by atoms with Crippen LogP contribution in [-0.2, 0) is 9.59 Å². The van der Waals surface area contributed by atoms with E-state index in [2.05, 4.69) is 11.9 Å². The molecular weight excluding hydrogens is 278 g/mol. The van der Waals surface area contributed by atoms with Crippen LogP contribution in [0.1, 0.15) is 13.8 Å². The molecule has 0 saturated heterocycles. The Hall–Kier alpha value is -2.14. The van der Waals surface area contributed by atoms with Crippen LogP contribution >= 0.6 is 0 Å². The summed E-state index contributed by atoms with van der Waals surface area (Å²) >= 11 is 0. The lowest BCUT2D eigenvalue weighted by atomic mass is 10.2. The Morgan fingerprint density at radius 3 is 2.41 bits per heavy atom. The summed E-state index contributed by atoms with van der Waals surface area (Å²) in [4.78, 5) is 27.7. The molecule has 0 spiro atoms. The Morgan fingerprint density at radius 1 is 1.18 bits per heavy atom. The first kappa shape index (κ1) is 17.9. The number of likely N-dealkylation sites (N-methyl/N-ethyl adjacent to an activating group) is 2. The Morgan fingerprint density at radius 2 is 1.86 bits per heavy atom. The standard InChI is InChI=1S/C17H25N3O2/c1-4-12-20(15-10-8-7-9-11-15)17(22)14-19(6-3)13-16(21)18-5-2/h4,7-11H,1,5-6,12-14H2,2-3H3,(H,18,21). The number of hydrogen-bond donors (Lipinski definition) is 1. The minimum atomic E-state index is -0.0628. The van der Waals surface area contributed by atoms with Crippen molar-refractivity contribution < 1.29 is 9.59 Å². The summed E-state index contributed by atoms with van der Waals surface area (Å²) in [6, 6.07) is 9.48. The molecular formula is C17H25N3O2. The first-order valence-electron chi connectivity index (χ1n) is 7.57. The number of nitrogens with zero attached hydrogens (tertiary/aromatic N) is 2. The van der Waals surface area contributed by atoms with Crippen LogP contribution in [0.2, 0.25) is 0 Å². The molecule has 0 unspecified atom stereocenters. The summed E-state index contributed by atoms with van der Waals surface area (Å²) in [7, 11) is 0. The van der Waals surface area contributed by atoms with Crippen LogP contribution in [0.3, 0.4) is 0 Å². The molecule has 1 aromatic carbocycles. The smallest absolute Gasteiger partial charge is 0.241 e. The van der Waals surface area contributed by atoms with Crippen molar-refractivity contribution in [3.8, 4) is 0 Å². The van der Waals surface area contributed by atoms with Crippen LogP contribution in [0, 0.1) is 0 Å². The Bertz CT molecular complexity index is 488. The highest BCUT2D eigenvalue weighted by atomic mass is 16.2. The van der Waals surface area contributed by atoms with Gasteiger partial charge in [0, 0.05) is 18.8 Å². The van der Waals surface area contributed by atoms with E-state index in [1.54, 1.807) is 11.0 Å². The van der Waals surface area contributed by atoms with Crippen LogP contribution in [0.15, 0.2) is 43.0 Å². The lowest BCUT2D eigenvalue weighted by molar-refractivity contribution is -0.123. The number of anilines is 1. The van der Waals surface area contributed by atoms with Gasteiger partial charge in [0.15, 0.2) is 0 Å². The third kappa shape index (κ3) is 5.69. The summed E-state index contributed by atoms with van der Waals surface area (Å²) in [6.07, 6.45) is 1.70. The van der Waals surface area contributed by atoms with Crippen molar-refractivity contribution in [2.24, 2.45) is 0 Å². The maximum atomic E-state index is 12.5. The lowest BCUT2D eigenvalue weighted by Gasteiger charge is -2.25. The van der Waals surface area contributed by atoms with Gasteiger partial charge in [-0.15, -0.1) is 6.58 Å². The van der Waals surface area contributed by atoms with Gasteiger partial charge >= 0.3 is 0 Å². The van der Waals surface area contributed by atoms with E-state index < -0.39 is 0 Å². The highest BCUT2D eigenvalue weighted by Crippen LogP contribution is 2.13. The van der Waals surface area contributed by atoms with Crippen LogP contribution in [0.25, 0.3) is 0 Å². The second-order valence-corrected chi connectivity index (χ2v) is 4.89. The van der Waals surface area contributed by atoms with Gasteiger partial charge in [0.1, 0.15) is 0 Å². The van der Waals surface area contributed by atoms with E-state index >= 15 is 0 Å². The molecule has 0 aliphatic heterocycles. The molecule has 0 aromatic heterocycles. The molecule has 1 rings (SSSR count). The summed E-state index contributed by atoms with van der Waals surface area (Å²) in [5.74, 6) is -0.107. The molecule has 0 radical (unpaired) electrons. The first-order valence-corrected chi connectivity index (χ1v) is 7.57. The number of carbonyl (C=O) groups is 2. The second kappa shape index (κ2) is 9.73. The monoisotopic (exact) mass is 303 g/mol. The van der Waals surface area contributed by atoms with Gasteiger partial charge in [-0.3, -0.25) is 14.5 Å².